The number of nitriles is 1. The van der Waals surface area contributed by atoms with Crippen LogP contribution >= 0.6 is 34.9 Å². The molecule has 0 saturated heterocycles. The first-order valence-corrected chi connectivity index (χ1v) is 9.87. The van der Waals surface area contributed by atoms with Crippen molar-refractivity contribution >= 4 is 62.6 Å². The zero-order valence-corrected chi connectivity index (χ0v) is 16.5. The van der Waals surface area contributed by atoms with Crippen molar-refractivity contribution in [1.29, 1.82) is 5.26 Å². The van der Waals surface area contributed by atoms with Gasteiger partial charge in [-0.3, -0.25) is 0 Å². The predicted octanol–water partition coefficient (Wildman–Crippen LogP) is 5.21. The first-order valence-electron chi connectivity index (χ1n) is 7.90. The molecule has 4 aromatic rings. The minimum absolute atomic E-state index is 0.297. The molecule has 2 aromatic carbocycles. The highest BCUT2D eigenvalue weighted by molar-refractivity contribution is 7.99. The number of hydrogen-bond donors (Lipinski definition) is 2. The number of hydrogen-bond acceptors (Lipinski definition) is 7. The van der Waals surface area contributed by atoms with Gasteiger partial charge >= 0.3 is 0 Å². The predicted molar refractivity (Wildman–Crippen MR) is 112 cm³/mol. The zero-order valence-electron chi connectivity index (χ0n) is 14.1. The number of thiophene rings is 1. The molecule has 0 fully saturated rings. The van der Waals surface area contributed by atoms with Gasteiger partial charge in [-0.15, -0.1) is 16.4 Å². The lowest BCUT2D eigenvalue weighted by Gasteiger charge is -2.01. The first-order chi connectivity index (χ1) is 13.0. The Bertz CT molecular complexity index is 1170. The van der Waals surface area contributed by atoms with E-state index in [-0.39, 0.29) is 0 Å². The van der Waals surface area contributed by atoms with Crippen molar-refractivity contribution in [2.24, 2.45) is 0 Å². The van der Waals surface area contributed by atoms with E-state index in [1.807, 2.05) is 18.2 Å². The van der Waals surface area contributed by atoms with Crippen LogP contribution in [0.4, 0.5) is 17.6 Å². The van der Waals surface area contributed by atoms with Crippen molar-refractivity contribution in [3.8, 4) is 6.07 Å². The topological polar surface area (TPSA) is 92.5 Å². The van der Waals surface area contributed by atoms with Crippen molar-refractivity contribution in [1.82, 2.24) is 14.2 Å². The molecule has 0 aliphatic heterocycles. The molecule has 134 valence electrons. The van der Waals surface area contributed by atoms with Crippen LogP contribution in [0.3, 0.4) is 0 Å². The summed E-state index contributed by atoms with van der Waals surface area (Å²) in [6, 6.07) is 15.0. The van der Waals surface area contributed by atoms with Gasteiger partial charge in [-0.1, -0.05) is 11.6 Å². The number of fused-ring (bicyclic) bond motifs is 1. The van der Waals surface area contributed by atoms with Gasteiger partial charge in [-0.05, 0) is 60.3 Å². The number of halogens is 1. The molecule has 9 heteroatoms. The number of aromatic nitrogens is 3. The van der Waals surface area contributed by atoms with Gasteiger partial charge in [0.2, 0.25) is 11.9 Å². The van der Waals surface area contributed by atoms with Gasteiger partial charge in [-0.2, -0.15) is 14.3 Å². The van der Waals surface area contributed by atoms with Crippen LogP contribution in [0.1, 0.15) is 11.1 Å². The fraction of sp³-hybridized carbons (Fsp3) is 0.0556. The van der Waals surface area contributed by atoms with Gasteiger partial charge in [0, 0.05) is 27.4 Å². The van der Waals surface area contributed by atoms with Crippen molar-refractivity contribution in [2.45, 2.75) is 11.1 Å². The summed E-state index contributed by atoms with van der Waals surface area (Å²) in [6.07, 6.45) is 0. The highest BCUT2D eigenvalue weighted by atomic mass is 35.5. The average molecular weight is 413 g/mol. The van der Waals surface area contributed by atoms with Crippen molar-refractivity contribution < 1.29 is 0 Å². The highest BCUT2D eigenvalue weighted by Crippen LogP contribution is 2.39. The summed E-state index contributed by atoms with van der Waals surface area (Å²) in [6.45, 7) is 2.06. The Hall–Kier alpha value is -2.73. The van der Waals surface area contributed by atoms with E-state index >= 15 is 0 Å². The number of aryl methyl sites for hydroxylation is 1. The van der Waals surface area contributed by atoms with Crippen LogP contribution in [0, 0.1) is 18.3 Å². The van der Waals surface area contributed by atoms with Gasteiger partial charge in [0.25, 0.3) is 0 Å². The third-order valence-corrected chi connectivity index (χ3v) is 6.59. The fourth-order valence-electron chi connectivity index (χ4n) is 2.52. The maximum absolute atomic E-state index is 8.86. The molecule has 27 heavy (non-hydrogen) atoms. The molecule has 2 heterocycles. The molecule has 0 unspecified atom stereocenters. The summed E-state index contributed by atoms with van der Waals surface area (Å²) in [4.78, 5) is 4.26. The Morgan fingerprint density at radius 1 is 1.26 bits per heavy atom. The van der Waals surface area contributed by atoms with Crippen LogP contribution in [-0.4, -0.2) is 14.2 Å². The Morgan fingerprint density at radius 2 is 2.04 bits per heavy atom. The number of nitrogens with zero attached hydrogens (tertiary/aromatic N) is 4. The maximum Gasteiger partial charge on any atom is 0.249 e. The summed E-state index contributed by atoms with van der Waals surface area (Å²) in [5.41, 5.74) is 8.54. The average Bonchev–Trinajstić information content (AvgIpc) is 3.16. The number of nitrogen functional groups attached to an aromatic ring is 1. The monoisotopic (exact) mass is 412 g/mol. The van der Waals surface area contributed by atoms with Gasteiger partial charge in [0.15, 0.2) is 0 Å². The number of benzene rings is 2. The number of anilines is 3. The Balaban J connectivity index is 1.58. The smallest absolute Gasteiger partial charge is 0.249 e. The maximum atomic E-state index is 8.86. The van der Waals surface area contributed by atoms with E-state index in [0.717, 1.165) is 25.5 Å². The van der Waals surface area contributed by atoms with E-state index in [9.17, 15) is 0 Å². The van der Waals surface area contributed by atoms with Crippen molar-refractivity contribution in [2.75, 3.05) is 11.1 Å². The van der Waals surface area contributed by atoms with E-state index in [4.69, 9.17) is 22.6 Å². The van der Waals surface area contributed by atoms with Crippen molar-refractivity contribution in [3.63, 3.8) is 0 Å². The van der Waals surface area contributed by atoms with Crippen LogP contribution in [-0.2, 0) is 0 Å². The lowest BCUT2D eigenvalue weighted by Crippen LogP contribution is -1.97. The first kappa shape index (κ1) is 17.7. The quantitative estimate of drug-likeness (QED) is 0.478. The number of nitrogens with two attached hydrogens (primary N) is 1. The summed E-state index contributed by atoms with van der Waals surface area (Å²) < 4.78 is 3.83. The van der Waals surface area contributed by atoms with E-state index in [1.165, 1.54) is 11.9 Å². The largest absolute Gasteiger partial charge is 0.367 e. The molecule has 2 aromatic heterocycles. The molecule has 0 aliphatic rings. The van der Waals surface area contributed by atoms with Crippen molar-refractivity contribution in [3.05, 3.63) is 58.6 Å². The summed E-state index contributed by atoms with van der Waals surface area (Å²) in [5, 5.41) is 18.2. The van der Waals surface area contributed by atoms with Crippen LogP contribution < -0.4 is 11.1 Å². The fourth-order valence-corrected chi connectivity index (χ4v) is 4.90. The molecule has 3 N–H and O–H groups in total. The van der Waals surface area contributed by atoms with Crippen LogP contribution in [0.5, 0.6) is 0 Å². The molecule has 0 amide bonds. The third-order valence-electron chi connectivity index (χ3n) is 3.90. The standard InChI is InChI=1S/C18H13ClN6S2/c1-10-14-8-12(19)4-7-15(14)26-16(10)27-25-17(21)23-18(24-25)22-13-5-2-11(9-20)3-6-13/h2-8H,1H3,(H3,21,22,23,24). The van der Waals surface area contributed by atoms with Gasteiger partial charge in [0.1, 0.15) is 0 Å². The molecule has 6 nitrogen and oxygen atoms in total. The summed E-state index contributed by atoms with van der Waals surface area (Å²) in [7, 11) is 0. The highest BCUT2D eigenvalue weighted by Gasteiger charge is 2.14. The Kier molecular flexibility index (Phi) is 4.66. The Morgan fingerprint density at radius 3 is 2.78 bits per heavy atom. The lowest BCUT2D eigenvalue weighted by molar-refractivity contribution is 1.02. The van der Waals surface area contributed by atoms with E-state index in [2.05, 4.69) is 28.4 Å². The molecule has 0 spiro atoms. The SMILES string of the molecule is Cc1c(Sn2nc(Nc3ccc(C#N)cc3)nc2N)sc2ccc(Cl)cc12. The number of nitrogens with one attached hydrogen (secondary N) is 1. The van der Waals surface area contributed by atoms with Gasteiger partial charge < -0.3 is 11.1 Å². The van der Waals surface area contributed by atoms with E-state index in [0.29, 0.717) is 22.5 Å². The molecular weight excluding hydrogens is 400 g/mol. The van der Waals surface area contributed by atoms with Crippen LogP contribution in [0.2, 0.25) is 5.02 Å². The van der Waals surface area contributed by atoms with Crippen LogP contribution in [0.25, 0.3) is 10.1 Å². The zero-order chi connectivity index (χ0) is 19.0. The molecule has 0 saturated carbocycles. The second kappa shape index (κ2) is 7.12. The Labute approximate surface area is 168 Å². The van der Waals surface area contributed by atoms with Crippen LogP contribution in [0.15, 0.2) is 46.7 Å². The summed E-state index contributed by atoms with van der Waals surface area (Å²) >= 11 is 9.19. The number of rotatable bonds is 4. The second-order valence-electron chi connectivity index (χ2n) is 5.73. The molecular formula is C18H13ClN6S2. The third kappa shape index (κ3) is 3.57. The van der Waals surface area contributed by atoms with Gasteiger partial charge in [0.05, 0.1) is 15.8 Å². The molecule has 0 radical (unpaired) electrons. The minimum atomic E-state index is 0.297. The molecule has 0 atom stereocenters. The minimum Gasteiger partial charge on any atom is -0.367 e. The van der Waals surface area contributed by atoms with Gasteiger partial charge in [-0.25, -0.2) is 0 Å². The second-order valence-corrected chi connectivity index (χ2v) is 8.41. The summed E-state index contributed by atoms with van der Waals surface area (Å²) in [5.74, 6) is 0.692. The molecule has 0 aliphatic carbocycles. The molecule has 4 rings (SSSR count). The molecule has 0 bridgehead atoms. The van der Waals surface area contributed by atoms with E-state index < -0.39 is 0 Å². The van der Waals surface area contributed by atoms with E-state index in [1.54, 1.807) is 39.7 Å². The normalized spacial score (nSPS) is 10.9. The lowest BCUT2D eigenvalue weighted by atomic mass is 10.2.